The van der Waals surface area contributed by atoms with Crippen molar-refractivity contribution < 1.29 is 55.6 Å². The number of ether oxygens (including phenoxy) is 2. The minimum absolute atomic E-state index is 0.132. The molecule has 4 heterocycles. The van der Waals surface area contributed by atoms with Gasteiger partial charge in [0.2, 0.25) is 0 Å². The number of halogens is 6. The van der Waals surface area contributed by atoms with E-state index in [1.54, 1.807) is 12.4 Å². The summed E-state index contributed by atoms with van der Waals surface area (Å²) >= 11 is 1.83. The number of likely N-dealkylation sites (tertiary alicyclic amines) is 1. The van der Waals surface area contributed by atoms with Gasteiger partial charge in [0.25, 0.3) is 0 Å². The fourth-order valence-corrected chi connectivity index (χ4v) is 4.30. The predicted octanol–water partition coefficient (Wildman–Crippen LogP) is 3.94. The van der Waals surface area contributed by atoms with E-state index in [1.165, 1.54) is 4.88 Å². The zero-order chi connectivity index (χ0) is 27.0. The van der Waals surface area contributed by atoms with Crippen molar-refractivity contribution in [3.05, 3.63) is 46.9 Å². The van der Waals surface area contributed by atoms with E-state index in [-0.39, 0.29) is 5.41 Å². The summed E-state index contributed by atoms with van der Waals surface area (Å²) in [5.41, 5.74) is 0.132. The van der Waals surface area contributed by atoms with Crippen LogP contribution in [0.25, 0.3) is 0 Å². The van der Waals surface area contributed by atoms with Crippen LogP contribution in [0.5, 0.6) is 5.75 Å². The van der Waals surface area contributed by atoms with Crippen molar-refractivity contribution >= 4 is 23.3 Å². The summed E-state index contributed by atoms with van der Waals surface area (Å²) in [7, 11) is 0. The first-order valence-corrected chi connectivity index (χ1v) is 11.1. The Morgan fingerprint density at radius 1 is 1.14 bits per heavy atom. The van der Waals surface area contributed by atoms with Crippen LogP contribution in [-0.4, -0.2) is 77.3 Å². The van der Waals surface area contributed by atoms with Gasteiger partial charge in [-0.1, -0.05) is 6.07 Å². The minimum atomic E-state index is -5.08. The number of alkyl halides is 6. The van der Waals surface area contributed by atoms with Gasteiger partial charge < -0.3 is 19.7 Å². The van der Waals surface area contributed by atoms with Crippen LogP contribution in [0.3, 0.4) is 0 Å². The number of rotatable bonds is 5. The predicted molar refractivity (Wildman–Crippen MR) is 113 cm³/mol. The average Bonchev–Trinajstić information content (AvgIpc) is 3.49. The molecule has 0 spiro atoms. The third-order valence-electron chi connectivity index (χ3n) is 5.20. The molecule has 2 aromatic rings. The van der Waals surface area contributed by atoms with Crippen LogP contribution in [-0.2, 0) is 20.9 Å². The molecule has 200 valence electrons. The fourth-order valence-electron chi connectivity index (χ4n) is 3.55. The van der Waals surface area contributed by atoms with Crippen LogP contribution in [0.1, 0.15) is 4.88 Å². The van der Waals surface area contributed by atoms with Gasteiger partial charge in [-0.2, -0.15) is 26.3 Å². The summed E-state index contributed by atoms with van der Waals surface area (Å²) in [5, 5.41) is 16.4. The number of pyridine rings is 1. The number of aliphatic carboxylic acids is 2. The molecule has 0 radical (unpaired) electrons. The summed E-state index contributed by atoms with van der Waals surface area (Å²) in [6, 6.07) is 8.22. The topological polar surface area (TPSA) is 109 Å². The second-order valence-electron chi connectivity index (χ2n) is 7.91. The van der Waals surface area contributed by atoms with Crippen LogP contribution >= 0.6 is 11.3 Å². The normalized spacial score (nSPS) is 21.4. The van der Waals surface area contributed by atoms with Crippen molar-refractivity contribution in [2.45, 2.75) is 18.9 Å². The van der Waals surface area contributed by atoms with E-state index in [1.807, 2.05) is 23.5 Å². The molecule has 2 aliphatic heterocycles. The lowest BCUT2D eigenvalue weighted by atomic mass is 9.82. The van der Waals surface area contributed by atoms with Crippen molar-refractivity contribution in [1.29, 1.82) is 0 Å². The molecule has 8 nitrogen and oxygen atoms in total. The molecule has 2 aliphatic rings. The lowest BCUT2D eigenvalue weighted by molar-refractivity contribution is -0.193. The second kappa shape index (κ2) is 12.4. The first-order chi connectivity index (χ1) is 16.7. The van der Waals surface area contributed by atoms with E-state index in [2.05, 4.69) is 27.4 Å². The lowest BCUT2D eigenvalue weighted by Gasteiger charge is -2.27. The molecule has 2 N–H and O–H groups in total. The van der Waals surface area contributed by atoms with Crippen LogP contribution in [0.2, 0.25) is 0 Å². The Bertz CT molecular complexity index is 950. The van der Waals surface area contributed by atoms with E-state index >= 15 is 0 Å². The molecule has 2 fully saturated rings. The van der Waals surface area contributed by atoms with Gasteiger partial charge in [-0.15, -0.1) is 11.3 Å². The Morgan fingerprint density at radius 3 is 2.28 bits per heavy atom. The van der Waals surface area contributed by atoms with Crippen molar-refractivity contribution in [3.8, 4) is 5.75 Å². The molecule has 0 bridgehead atoms. The van der Waals surface area contributed by atoms with Gasteiger partial charge in [-0.05, 0) is 23.6 Å². The Labute approximate surface area is 205 Å². The molecule has 0 saturated carbocycles. The molecule has 2 atom stereocenters. The van der Waals surface area contributed by atoms with Crippen molar-refractivity contribution in [2.24, 2.45) is 11.3 Å². The van der Waals surface area contributed by atoms with Crippen LogP contribution in [0.15, 0.2) is 42.0 Å². The van der Waals surface area contributed by atoms with Gasteiger partial charge in [-0.25, -0.2) is 9.59 Å². The Morgan fingerprint density at radius 2 is 1.78 bits per heavy atom. The lowest BCUT2D eigenvalue weighted by Crippen LogP contribution is -2.36. The monoisotopic (exact) mass is 544 g/mol. The van der Waals surface area contributed by atoms with E-state index in [4.69, 9.17) is 29.3 Å². The average molecular weight is 544 g/mol. The molecule has 2 saturated heterocycles. The molecule has 4 rings (SSSR count). The van der Waals surface area contributed by atoms with E-state index in [9.17, 15) is 26.3 Å². The van der Waals surface area contributed by atoms with Crippen LogP contribution in [0, 0.1) is 11.3 Å². The van der Waals surface area contributed by atoms with E-state index < -0.39 is 24.3 Å². The number of aromatic nitrogens is 1. The first-order valence-electron chi connectivity index (χ1n) is 10.2. The van der Waals surface area contributed by atoms with Crippen molar-refractivity contribution in [1.82, 2.24) is 9.88 Å². The highest BCUT2D eigenvalue weighted by molar-refractivity contribution is 7.09. The fraction of sp³-hybridized carbons (Fsp3) is 0.476. The largest absolute Gasteiger partial charge is 0.491 e. The number of hydrogen-bond donors (Lipinski definition) is 2. The van der Waals surface area contributed by atoms with Crippen molar-refractivity contribution in [3.63, 3.8) is 0 Å². The number of carbonyl (C=O) groups is 2. The molecule has 0 aromatic carbocycles. The standard InChI is InChI=1S/C17H20N2O2S.2C2HF3O2/c1-3-15(7-18-5-1)21-13-17-11-19(8-14(17)10-20-12-17)9-16-4-2-6-22-16;2*3-2(4,5)1(6)7/h1-7,14H,8-13H2;2*(H,6,7)/t14-,17+;;/m1../s1. The maximum atomic E-state index is 10.6. The van der Waals surface area contributed by atoms with Gasteiger partial charge >= 0.3 is 24.3 Å². The summed E-state index contributed by atoms with van der Waals surface area (Å²) in [4.78, 5) is 25.9. The summed E-state index contributed by atoms with van der Waals surface area (Å²) < 4.78 is 75.3. The zero-order valence-corrected chi connectivity index (χ0v) is 19.3. The van der Waals surface area contributed by atoms with Gasteiger partial charge in [0, 0.05) is 42.0 Å². The van der Waals surface area contributed by atoms with Gasteiger partial charge in [0.1, 0.15) is 5.75 Å². The molecule has 0 amide bonds. The smallest absolute Gasteiger partial charge is 0.490 e. The third-order valence-corrected chi connectivity index (χ3v) is 6.06. The number of nitrogens with zero attached hydrogens (tertiary/aromatic N) is 2. The Hall–Kier alpha value is -2.91. The number of thiophene rings is 1. The number of carboxylic acids is 2. The Kier molecular flexibility index (Phi) is 10.1. The molecular formula is C21H22F6N2O6S. The van der Waals surface area contributed by atoms with Gasteiger partial charge in [0.05, 0.1) is 26.0 Å². The zero-order valence-electron chi connectivity index (χ0n) is 18.5. The van der Waals surface area contributed by atoms with Crippen molar-refractivity contribution in [2.75, 3.05) is 32.9 Å². The maximum absolute atomic E-state index is 10.6. The molecule has 15 heteroatoms. The second-order valence-corrected chi connectivity index (χ2v) is 8.94. The van der Waals surface area contributed by atoms with Crippen LogP contribution in [0.4, 0.5) is 26.3 Å². The molecule has 36 heavy (non-hydrogen) atoms. The minimum Gasteiger partial charge on any atom is -0.491 e. The first kappa shape index (κ1) is 29.3. The molecular weight excluding hydrogens is 522 g/mol. The number of carboxylic acid groups (broad SMARTS) is 2. The van der Waals surface area contributed by atoms with Crippen LogP contribution < -0.4 is 4.74 Å². The number of fused-ring (bicyclic) bond motifs is 1. The van der Waals surface area contributed by atoms with Gasteiger partial charge in [0.15, 0.2) is 0 Å². The van der Waals surface area contributed by atoms with E-state index in [0.717, 1.165) is 38.6 Å². The molecule has 2 aromatic heterocycles. The SMILES string of the molecule is O=C(O)C(F)(F)F.O=C(O)C(F)(F)F.c1cncc(OC[C@]23COC[C@H]2CN(Cc2cccs2)C3)c1. The Balaban J connectivity index is 0.000000271. The summed E-state index contributed by atoms with van der Waals surface area (Å²) in [6.07, 6.45) is -6.62. The highest BCUT2D eigenvalue weighted by Gasteiger charge is 2.51. The molecule has 0 unspecified atom stereocenters. The summed E-state index contributed by atoms with van der Waals surface area (Å²) in [5.74, 6) is -4.09. The number of hydrogen-bond acceptors (Lipinski definition) is 7. The third kappa shape index (κ3) is 8.95. The molecule has 0 aliphatic carbocycles. The summed E-state index contributed by atoms with van der Waals surface area (Å²) in [6.45, 7) is 5.58. The highest BCUT2D eigenvalue weighted by Crippen LogP contribution is 2.42. The quantitative estimate of drug-likeness (QED) is 0.545. The van der Waals surface area contributed by atoms with E-state index in [0.29, 0.717) is 12.5 Å². The maximum Gasteiger partial charge on any atom is 0.490 e. The van der Waals surface area contributed by atoms with Gasteiger partial charge in [-0.3, -0.25) is 9.88 Å². The highest BCUT2D eigenvalue weighted by atomic mass is 32.1.